The van der Waals surface area contributed by atoms with Crippen LogP contribution in [0.1, 0.15) is 29.6 Å². The van der Waals surface area contributed by atoms with Crippen LogP contribution in [0, 0.1) is 10.1 Å². The van der Waals surface area contributed by atoms with E-state index in [0.717, 1.165) is 37.3 Å². The van der Waals surface area contributed by atoms with Crippen molar-refractivity contribution in [3.8, 4) is 0 Å². The molecule has 0 bridgehead atoms. The van der Waals surface area contributed by atoms with E-state index in [2.05, 4.69) is 10.6 Å². The van der Waals surface area contributed by atoms with Crippen LogP contribution >= 0.6 is 0 Å². The first-order valence-corrected chi connectivity index (χ1v) is 9.16. The van der Waals surface area contributed by atoms with Crippen LogP contribution < -0.4 is 10.6 Å². The van der Waals surface area contributed by atoms with Gasteiger partial charge in [0.05, 0.1) is 9.82 Å². The molecule has 1 aliphatic heterocycles. The van der Waals surface area contributed by atoms with Crippen LogP contribution in [0.25, 0.3) is 0 Å². The average Bonchev–Trinajstić information content (AvgIpc) is 2.71. The van der Waals surface area contributed by atoms with Crippen LogP contribution in [0.5, 0.6) is 0 Å². The van der Waals surface area contributed by atoms with Gasteiger partial charge >= 0.3 is 0 Å². The Bertz CT molecular complexity index is 790. The number of nitrogens with one attached hydrogen (secondary N) is 2. The lowest BCUT2D eigenvalue weighted by Crippen LogP contribution is -2.45. The largest absolute Gasteiger partial charge is 0.354 e. The first-order valence-electron chi connectivity index (χ1n) is 7.26. The molecule has 1 aromatic rings. The molecule has 1 atom stereocenters. The number of sulfone groups is 1. The summed E-state index contributed by atoms with van der Waals surface area (Å²) in [4.78, 5) is 34.0. The minimum absolute atomic E-state index is 0.179. The summed E-state index contributed by atoms with van der Waals surface area (Å²) < 4.78 is 23.3. The highest BCUT2D eigenvalue weighted by molar-refractivity contribution is 7.90. The summed E-state index contributed by atoms with van der Waals surface area (Å²) >= 11 is 0. The lowest BCUT2D eigenvalue weighted by Gasteiger charge is -2.15. The fourth-order valence-electron chi connectivity index (χ4n) is 2.35. The molecule has 1 saturated heterocycles. The third kappa shape index (κ3) is 4.28. The first-order chi connectivity index (χ1) is 11.2. The normalized spacial score (nSPS) is 18.4. The molecule has 1 unspecified atom stereocenters. The number of amides is 2. The Morgan fingerprint density at radius 3 is 2.67 bits per heavy atom. The van der Waals surface area contributed by atoms with Crippen molar-refractivity contribution >= 4 is 27.3 Å². The summed E-state index contributed by atoms with van der Waals surface area (Å²) in [5, 5.41) is 16.1. The number of carbonyl (C=O) groups excluding carboxylic acids is 2. The molecule has 130 valence electrons. The van der Waals surface area contributed by atoms with Crippen molar-refractivity contribution in [2.45, 2.75) is 30.2 Å². The van der Waals surface area contributed by atoms with Gasteiger partial charge in [0.2, 0.25) is 5.91 Å². The lowest BCUT2D eigenvalue weighted by atomic mass is 10.1. The summed E-state index contributed by atoms with van der Waals surface area (Å²) in [5.74, 6) is -1.06. The second-order valence-corrected chi connectivity index (χ2v) is 7.57. The highest BCUT2D eigenvalue weighted by Crippen LogP contribution is 2.21. The minimum Gasteiger partial charge on any atom is -0.354 e. The average molecular weight is 355 g/mol. The molecule has 0 aromatic heterocycles. The second kappa shape index (κ2) is 6.95. The second-order valence-electron chi connectivity index (χ2n) is 5.56. The molecule has 0 aliphatic carbocycles. The maximum Gasteiger partial charge on any atom is 0.271 e. The Balaban J connectivity index is 2.32. The fraction of sp³-hybridized carbons (Fsp3) is 0.429. The molecule has 24 heavy (non-hydrogen) atoms. The van der Waals surface area contributed by atoms with Gasteiger partial charge in [-0.1, -0.05) is 0 Å². The molecule has 1 heterocycles. The molecule has 0 radical (unpaired) electrons. The van der Waals surface area contributed by atoms with Crippen molar-refractivity contribution in [3.05, 3.63) is 33.9 Å². The van der Waals surface area contributed by atoms with Crippen LogP contribution in [-0.4, -0.2) is 44.0 Å². The van der Waals surface area contributed by atoms with Crippen molar-refractivity contribution < 1.29 is 22.9 Å². The lowest BCUT2D eigenvalue weighted by molar-refractivity contribution is -0.385. The molecule has 2 amide bonds. The van der Waals surface area contributed by atoms with Crippen molar-refractivity contribution in [3.63, 3.8) is 0 Å². The van der Waals surface area contributed by atoms with Crippen LogP contribution in [0.2, 0.25) is 0 Å². The Morgan fingerprint density at radius 2 is 2.04 bits per heavy atom. The van der Waals surface area contributed by atoms with Crippen LogP contribution in [0.15, 0.2) is 23.1 Å². The Kier molecular flexibility index (Phi) is 5.17. The van der Waals surface area contributed by atoms with Gasteiger partial charge in [-0.3, -0.25) is 19.7 Å². The highest BCUT2D eigenvalue weighted by atomic mass is 32.2. The number of carbonyl (C=O) groups is 2. The molecule has 10 heteroatoms. The fourth-order valence-corrected chi connectivity index (χ4v) is 3.03. The maximum absolute atomic E-state index is 12.3. The van der Waals surface area contributed by atoms with E-state index in [4.69, 9.17) is 0 Å². The van der Waals surface area contributed by atoms with Gasteiger partial charge in [-0.25, -0.2) is 8.42 Å². The number of benzene rings is 1. The van der Waals surface area contributed by atoms with E-state index < -0.39 is 32.4 Å². The van der Waals surface area contributed by atoms with E-state index in [9.17, 15) is 28.1 Å². The van der Waals surface area contributed by atoms with Gasteiger partial charge in [-0.2, -0.15) is 0 Å². The van der Waals surface area contributed by atoms with Gasteiger partial charge in [0, 0.05) is 30.5 Å². The van der Waals surface area contributed by atoms with Crippen LogP contribution in [-0.2, 0) is 14.6 Å². The zero-order chi connectivity index (χ0) is 17.9. The van der Waals surface area contributed by atoms with Crippen LogP contribution in [0.3, 0.4) is 0 Å². The number of rotatable bonds is 4. The summed E-state index contributed by atoms with van der Waals surface area (Å²) in [5.41, 5.74) is -0.685. The Labute approximate surface area is 138 Å². The third-order valence-electron chi connectivity index (χ3n) is 3.63. The smallest absolute Gasteiger partial charge is 0.271 e. The van der Waals surface area contributed by atoms with Gasteiger partial charge in [-0.15, -0.1) is 0 Å². The molecular weight excluding hydrogens is 338 g/mol. The van der Waals surface area contributed by atoms with Gasteiger partial charge in [-0.05, 0) is 25.3 Å². The first kappa shape index (κ1) is 17.9. The Hall–Kier alpha value is -2.49. The SMILES string of the molecule is CS(=O)(=O)c1cc(C(=O)NC2CCCCNC2=O)cc([N+](=O)[O-])c1. The maximum atomic E-state index is 12.3. The number of nitro groups is 1. The molecule has 1 fully saturated rings. The molecule has 1 aliphatic rings. The topological polar surface area (TPSA) is 135 Å². The summed E-state index contributed by atoms with van der Waals surface area (Å²) in [6.45, 7) is 0.528. The highest BCUT2D eigenvalue weighted by Gasteiger charge is 2.25. The monoisotopic (exact) mass is 355 g/mol. The van der Waals surface area contributed by atoms with Crippen molar-refractivity contribution in [2.24, 2.45) is 0 Å². The third-order valence-corrected chi connectivity index (χ3v) is 4.73. The van der Waals surface area contributed by atoms with E-state index in [1.807, 2.05) is 0 Å². The molecule has 1 aromatic carbocycles. The van der Waals surface area contributed by atoms with E-state index in [1.165, 1.54) is 0 Å². The summed E-state index contributed by atoms with van der Waals surface area (Å²) in [7, 11) is -3.73. The number of nitro benzene ring substituents is 1. The number of hydrogen-bond donors (Lipinski definition) is 2. The molecule has 2 N–H and O–H groups in total. The molecular formula is C14H17N3O6S. The number of hydrogen-bond acceptors (Lipinski definition) is 6. The number of non-ortho nitro benzene ring substituents is 1. The minimum atomic E-state index is -3.73. The predicted molar refractivity (Wildman–Crippen MR) is 84.3 cm³/mol. The van der Waals surface area contributed by atoms with Crippen LogP contribution in [0.4, 0.5) is 5.69 Å². The quantitative estimate of drug-likeness (QED) is 0.592. The van der Waals surface area contributed by atoms with Gasteiger partial charge < -0.3 is 10.6 Å². The molecule has 0 saturated carbocycles. The summed E-state index contributed by atoms with van der Waals surface area (Å²) in [6, 6.07) is 2.19. The summed E-state index contributed by atoms with van der Waals surface area (Å²) in [6.07, 6.45) is 2.89. The van der Waals surface area contributed by atoms with Gasteiger partial charge in [0.1, 0.15) is 6.04 Å². The zero-order valence-corrected chi connectivity index (χ0v) is 13.8. The molecule has 9 nitrogen and oxygen atoms in total. The molecule has 2 rings (SSSR count). The van der Waals surface area contributed by atoms with Crippen molar-refractivity contribution in [2.75, 3.05) is 12.8 Å². The van der Waals surface area contributed by atoms with E-state index in [0.29, 0.717) is 13.0 Å². The predicted octanol–water partition coefficient (Wildman–Crippen LogP) is 0.397. The number of nitrogens with zero attached hydrogens (tertiary/aromatic N) is 1. The Morgan fingerprint density at radius 1 is 1.33 bits per heavy atom. The van der Waals surface area contributed by atoms with E-state index in [1.54, 1.807) is 0 Å². The van der Waals surface area contributed by atoms with Crippen molar-refractivity contribution in [1.82, 2.24) is 10.6 Å². The molecule has 0 spiro atoms. The van der Waals surface area contributed by atoms with Gasteiger partial charge in [0.15, 0.2) is 9.84 Å². The standard InChI is InChI=1S/C14H17N3O6S/c1-24(22,23)11-7-9(6-10(8-11)17(20)21)13(18)16-12-4-2-3-5-15-14(12)19/h6-8,12H,2-5H2,1H3,(H,15,19)(H,16,18). The van der Waals surface area contributed by atoms with Crippen molar-refractivity contribution in [1.29, 1.82) is 0 Å². The van der Waals surface area contributed by atoms with E-state index in [-0.39, 0.29) is 16.4 Å². The van der Waals surface area contributed by atoms with Gasteiger partial charge in [0.25, 0.3) is 11.6 Å². The van der Waals surface area contributed by atoms with E-state index >= 15 is 0 Å². The zero-order valence-electron chi connectivity index (χ0n) is 12.9.